The number of carbonyl (C=O) groups excluding carboxylic acids is 1. The lowest BCUT2D eigenvalue weighted by atomic mass is 10.1. The van der Waals surface area contributed by atoms with Crippen molar-refractivity contribution in [1.82, 2.24) is 9.97 Å². The summed E-state index contributed by atoms with van der Waals surface area (Å²) in [5.74, 6) is 1.08. The molecule has 2 aromatic carbocycles. The van der Waals surface area contributed by atoms with Gasteiger partial charge < -0.3 is 5.32 Å². The van der Waals surface area contributed by atoms with Crippen LogP contribution in [0.1, 0.15) is 23.9 Å². The normalized spacial score (nSPS) is 10.8. The largest absolute Gasteiger partial charge is 0.325 e. The Morgan fingerprint density at radius 1 is 1.08 bits per heavy atom. The van der Waals surface area contributed by atoms with E-state index < -0.39 is 0 Å². The number of anilines is 1. The second-order valence-corrected chi connectivity index (χ2v) is 6.92. The SMILES string of the molecule is CCc1nc(SCC(=O)Nc2ccc(C)c(C)c2)c2ccccc2n1. The predicted molar refractivity (Wildman–Crippen MR) is 104 cm³/mol. The maximum Gasteiger partial charge on any atom is 0.234 e. The monoisotopic (exact) mass is 351 g/mol. The number of aromatic nitrogens is 2. The van der Waals surface area contributed by atoms with Crippen molar-refractivity contribution in [3.63, 3.8) is 0 Å². The molecule has 0 aliphatic heterocycles. The Hall–Kier alpha value is -2.40. The zero-order chi connectivity index (χ0) is 17.8. The summed E-state index contributed by atoms with van der Waals surface area (Å²) in [5, 5.41) is 4.80. The molecule has 3 aromatic rings. The van der Waals surface area contributed by atoms with Crippen LogP contribution in [0.2, 0.25) is 0 Å². The summed E-state index contributed by atoms with van der Waals surface area (Å²) in [7, 11) is 0. The van der Waals surface area contributed by atoms with Gasteiger partial charge >= 0.3 is 0 Å². The maximum absolute atomic E-state index is 12.3. The van der Waals surface area contributed by atoms with Gasteiger partial charge in [-0.25, -0.2) is 9.97 Å². The van der Waals surface area contributed by atoms with Gasteiger partial charge in [-0.2, -0.15) is 0 Å². The molecule has 3 rings (SSSR count). The number of benzene rings is 2. The smallest absolute Gasteiger partial charge is 0.234 e. The van der Waals surface area contributed by atoms with Gasteiger partial charge in [0.1, 0.15) is 10.9 Å². The highest BCUT2D eigenvalue weighted by Crippen LogP contribution is 2.25. The van der Waals surface area contributed by atoms with Crippen LogP contribution in [0.15, 0.2) is 47.5 Å². The number of para-hydroxylation sites is 1. The van der Waals surface area contributed by atoms with Crippen molar-refractivity contribution in [3.05, 3.63) is 59.4 Å². The van der Waals surface area contributed by atoms with Crippen LogP contribution in [0, 0.1) is 13.8 Å². The highest BCUT2D eigenvalue weighted by molar-refractivity contribution is 8.00. The minimum absolute atomic E-state index is 0.0333. The average Bonchev–Trinajstić information content (AvgIpc) is 2.62. The Morgan fingerprint density at radius 3 is 2.64 bits per heavy atom. The van der Waals surface area contributed by atoms with E-state index in [0.29, 0.717) is 5.75 Å². The van der Waals surface area contributed by atoms with Crippen LogP contribution in [0.4, 0.5) is 5.69 Å². The minimum atomic E-state index is -0.0333. The highest BCUT2D eigenvalue weighted by Gasteiger charge is 2.10. The average molecular weight is 351 g/mol. The number of nitrogens with zero attached hydrogens (tertiary/aromatic N) is 2. The molecule has 4 nitrogen and oxygen atoms in total. The number of hydrogen-bond acceptors (Lipinski definition) is 4. The lowest BCUT2D eigenvalue weighted by Gasteiger charge is -2.09. The number of aryl methyl sites for hydroxylation is 3. The molecule has 0 aliphatic rings. The van der Waals surface area contributed by atoms with Crippen LogP contribution < -0.4 is 5.32 Å². The Balaban J connectivity index is 1.73. The third kappa shape index (κ3) is 4.17. The molecule has 0 bridgehead atoms. The van der Waals surface area contributed by atoms with E-state index in [0.717, 1.165) is 33.9 Å². The number of hydrogen-bond donors (Lipinski definition) is 1. The summed E-state index contributed by atoms with van der Waals surface area (Å²) in [5.41, 5.74) is 4.13. The maximum atomic E-state index is 12.3. The molecule has 1 N–H and O–H groups in total. The van der Waals surface area contributed by atoms with Gasteiger partial charge in [0.25, 0.3) is 0 Å². The van der Waals surface area contributed by atoms with Gasteiger partial charge in [-0.1, -0.05) is 43.0 Å². The highest BCUT2D eigenvalue weighted by atomic mass is 32.2. The summed E-state index contributed by atoms with van der Waals surface area (Å²) in [6, 6.07) is 13.9. The second kappa shape index (κ2) is 7.66. The van der Waals surface area contributed by atoms with Gasteiger partial charge in [0.2, 0.25) is 5.91 Å². The molecule has 0 atom stereocenters. The zero-order valence-electron chi connectivity index (χ0n) is 14.7. The molecule has 0 radical (unpaired) electrons. The lowest BCUT2D eigenvalue weighted by molar-refractivity contribution is -0.113. The van der Waals surface area contributed by atoms with E-state index in [1.165, 1.54) is 22.9 Å². The summed E-state index contributed by atoms with van der Waals surface area (Å²) in [6.07, 6.45) is 0.771. The first-order chi connectivity index (χ1) is 12.1. The van der Waals surface area contributed by atoms with Crippen molar-refractivity contribution in [2.24, 2.45) is 0 Å². The van der Waals surface area contributed by atoms with E-state index in [1.807, 2.05) is 56.3 Å². The molecule has 0 fully saturated rings. The van der Waals surface area contributed by atoms with Gasteiger partial charge in [0.05, 0.1) is 11.3 Å². The van der Waals surface area contributed by atoms with Crippen molar-refractivity contribution in [1.29, 1.82) is 0 Å². The van der Waals surface area contributed by atoms with Crippen LogP contribution >= 0.6 is 11.8 Å². The molecular formula is C20H21N3OS. The number of carbonyl (C=O) groups is 1. The molecule has 128 valence electrons. The summed E-state index contributed by atoms with van der Waals surface area (Å²) in [6.45, 7) is 6.13. The Morgan fingerprint density at radius 2 is 1.88 bits per heavy atom. The second-order valence-electron chi connectivity index (χ2n) is 5.95. The summed E-state index contributed by atoms with van der Waals surface area (Å²) >= 11 is 1.45. The minimum Gasteiger partial charge on any atom is -0.325 e. The van der Waals surface area contributed by atoms with Crippen molar-refractivity contribution in [2.75, 3.05) is 11.1 Å². The van der Waals surface area contributed by atoms with Gasteiger partial charge in [0, 0.05) is 17.5 Å². The first-order valence-corrected chi connectivity index (χ1v) is 9.31. The fourth-order valence-corrected chi connectivity index (χ4v) is 3.35. The van der Waals surface area contributed by atoms with Crippen LogP contribution in [0.5, 0.6) is 0 Å². The van der Waals surface area contributed by atoms with Crippen molar-refractivity contribution in [2.45, 2.75) is 32.2 Å². The van der Waals surface area contributed by atoms with E-state index >= 15 is 0 Å². The van der Waals surface area contributed by atoms with Crippen molar-refractivity contribution < 1.29 is 4.79 Å². The first kappa shape index (κ1) is 17.4. The first-order valence-electron chi connectivity index (χ1n) is 8.32. The van der Waals surface area contributed by atoms with Crippen LogP contribution in [0.3, 0.4) is 0 Å². The topological polar surface area (TPSA) is 54.9 Å². The van der Waals surface area contributed by atoms with E-state index in [-0.39, 0.29) is 5.91 Å². The van der Waals surface area contributed by atoms with E-state index in [2.05, 4.69) is 22.2 Å². The molecule has 5 heteroatoms. The number of rotatable bonds is 5. The van der Waals surface area contributed by atoms with Gasteiger partial charge in [-0.3, -0.25) is 4.79 Å². The van der Waals surface area contributed by atoms with Crippen LogP contribution in [-0.4, -0.2) is 21.6 Å². The molecule has 0 saturated carbocycles. The van der Waals surface area contributed by atoms with E-state index in [4.69, 9.17) is 0 Å². The third-order valence-electron chi connectivity index (χ3n) is 4.06. The molecule has 1 amide bonds. The third-order valence-corrected chi connectivity index (χ3v) is 5.05. The Kier molecular flexibility index (Phi) is 5.34. The quantitative estimate of drug-likeness (QED) is 0.542. The molecule has 25 heavy (non-hydrogen) atoms. The lowest BCUT2D eigenvalue weighted by Crippen LogP contribution is -2.14. The molecule has 1 aromatic heterocycles. The number of amides is 1. The van der Waals surface area contributed by atoms with Gasteiger partial charge in [0.15, 0.2) is 0 Å². The van der Waals surface area contributed by atoms with E-state index in [1.54, 1.807) is 0 Å². The zero-order valence-corrected chi connectivity index (χ0v) is 15.5. The standard InChI is InChI=1S/C20H21N3OS/c1-4-18-22-17-8-6-5-7-16(17)20(23-18)25-12-19(24)21-15-10-9-13(2)14(3)11-15/h5-11H,4,12H2,1-3H3,(H,21,24). The summed E-state index contributed by atoms with van der Waals surface area (Å²) in [4.78, 5) is 21.4. The molecule has 0 aliphatic carbocycles. The molecule has 0 saturated heterocycles. The molecule has 1 heterocycles. The van der Waals surface area contributed by atoms with Gasteiger partial charge in [-0.05, 0) is 43.2 Å². The molecule has 0 spiro atoms. The molecular weight excluding hydrogens is 330 g/mol. The number of thioether (sulfide) groups is 1. The number of fused-ring (bicyclic) bond motifs is 1. The van der Waals surface area contributed by atoms with Crippen molar-refractivity contribution in [3.8, 4) is 0 Å². The number of nitrogens with one attached hydrogen (secondary N) is 1. The van der Waals surface area contributed by atoms with Crippen molar-refractivity contribution >= 4 is 34.3 Å². The van der Waals surface area contributed by atoms with Gasteiger partial charge in [-0.15, -0.1) is 0 Å². The fourth-order valence-electron chi connectivity index (χ4n) is 2.51. The fraction of sp³-hybridized carbons (Fsp3) is 0.250. The molecule has 0 unspecified atom stereocenters. The Labute approximate surface area is 152 Å². The Bertz CT molecular complexity index is 924. The van der Waals surface area contributed by atoms with E-state index in [9.17, 15) is 4.79 Å². The predicted octanol–water partition coefficient (Wildman–Crippen LogP) is 4.54. The van der Waals surface area contributed by atoms with Crippen LogP contribution in [0.25, 0.3) is 10.9 Å². The van der Waals surface area contributed by atoms with Crippen LogP contribution in [-0.2, 0) is 11.2 Å². The summed E-state index contributed by atoms with van der Waals surface area (Å²) < 4.78 is 0.